The van der Waals surface area contributed by atoms with E-state index in [9.17, 15) is 9.18 Å². The standard InChI is InChI=1S/C24H21FN2O2/c25-20-11-5-7-13-22(20)29-15-14-26-23(17-8-2-1-3-9-17)24(28)19-16-27-21-12-6-4-10-18(19)21/h1-13,16,23,26-27H,14-15H2/t23-/m1/s1. The molecule has 0 spiro atoms. The second-order valence-electron chi connectivity index (χ2n) is 6.69. The number of H-pyrrole nitrogens is 1. The molecule has 4 nitrogen and oxygen atoms in total. The van der Waals surface area contributed by atoms with Crippen LogP contribution in [0.25, 0.3) is 10.9 Å². The summed E-state index contributed by atoms with van der Waals surface area (Å²) in [5, 5.41) is 4.16. The smallest absolute Gasteiger partial charge is 0.186 e. The molecule has 1 atom stereocenters. The molecule has 1 heterocycles. The lowest BCUT2D eigenvalue weighted by molar-refractivity contribution is 0.0942. The third-order valence-electron chi connectivity index (χ3n) is 4.79. The molecule has 1 aromatic heterocycles. The Morgan fingerprint density at radius 2 is 1.69 bits per heavy atom. The number of aromatic nitrogens is 1. The largest absolute Gasteiger partial charge is 0.489 e. The van der Waals surface area contributed by atoms with E-state index in [0.717, 1.165) is 16.5 Å². The van der Waals surface area contributed by atoms with Crippen molar-refractivity contribution in [2.45, 2.75) is 6.04 Å². The van der Waals surface area contributed by atoms with Crippen LogP contribution in [0, 0.1) is 5.82 Å². The molecule has 4 aromatic rings. The van der Waals surface area contributed by atoms with E-state index >= 15 is 0 Å². The Morgan fingerprint density at radius 1 is 0.966 bits per heavy atom. The molecule has 0 saturated carbocycles. The third kappa shape index (κ3) is 4.20. The van der Waals surface area contributed by atoms with Crippen LogP contribution < -0.4 is 10.1 Å². The summed E-state index contributed by atoms with van der Waals surface area (Å²) in [5.74, 6) is -0.227. The highest BCUT2D eigenvalue weighted by Crippen LogP contribution is 2.24. The van der Waals surface area contributed by atoms with Gasteiger partial charge in [-0.1, -0.05) is 60.7 Å². The van der Waals surface area contributed by atoms with Gasteiger partial charge in [-0.3, -0.25) is 4.79 Å². The van der Waals surface area contributed by atoms with E-state index in [4.69, 9.17) is 4.74 Å². The summed E-state index contributed by atoms with van der Waals surface area (Å²) in [6.45, 7) is 0.632. The van der Waals surface area contributed by atoms with Gasteiger partial charge in [0.25, 0.3) is 0 Å². The second-order valence-corrected chi connectivity index (χ2v) is 6.69. The van der Waals surface area contributed by atoms with Gasteiger partial charge in [-0.05, 0) is 23.8 Å². The van der Waals surface area contributed by atoms with Crippen LogP contribution in [0.4, 0.5) is 4.39 Å². The van der Waals surface area contributed by atoms with Gasteiger partial charge < -0.3 is 15.0 Å². The molecular weight excluding hydrogens is 367 g/mol. The monoisotopic (exact) mass is 388 g/mol. The van der Waals surface area contributed by atoms with Crippen molar-refractivity contribution in [3.05, 3.63) is 102 Å². The lowest BCUT2D eigenvalue weighted by atomic mass is 9.97. The van der Waals surface area contributed by atoms with Crippen molar-refractivity contribution < 1.29 is 13.9 Å². The summed E-state index contributed by atoms with van der Waals surface area (Å²) in [4.78, 5) is 16.5. The zero-order chi connectivity index (χ0) is 20.1. The number of para-hydroxylation sites is 2. The Bertz CT molecular complexity index is 1110. The molecule has 0 fully saturated rings. The van der Waals surface area contributed by atoms with E-state index in [1.807, 2.05) is 54.6 Å². The number of halogens is 1. The Balaban J connectivity index is 1.51. The van der Waals surface area contributed by atoms with Crippen LogP contribution in [0.3, 0.4) is 0 Å². The average Bonchev–Trinajstić information content (AvgIpc) is 3.19. The summed E-state index contributed by atoms with van der Waals surface area (Å²) in [6.07, 6.45) is 1.75. The second kappa shape index (κ2) is 8.71. The van der Waals surface area contributed by atoms with Crippen LogP contribution in [-0.2, 0) is 0 Å². The Hall–Kier alpha value is -3.44. The molecule has 146 valence electrons. The topological polar surface area (TPSA) is 54.1 Å². The van der Waals surface area contributed by atoms with E-state index < -0.39 is 11.9 Å². The zero-order valence-corrected chi connectivity index (χ0v) is 15.8. The zero-order valence-electron chi connectivity index (χ0n) is 15.8. The third-order valence-corrected chi connectivity index (χ3v) is 4.79. The molecule has 0 unspecified atom stereocenters. The van der Waals surface area contributed by atoms with Crippen LogP contribution in [0.2, 0.25) is 0 Å². The first-order valence-corrected chi connectivity index (χ1v) is 9.50. The normalized spacial score (nSPS) is 12.0. The number of carbonyl (C=O) groups is 1. The van der Waals surface area contributed by atoms with Gasteiger partial charge in [0.05, 0.1) is 6.04 Å². The van der Waals surface area contributed by atoms with Crippen LogP contribution in [0.15, 0.2) is 85.1 Å². The van der Waals surface area contributed by atoms with E-state index in [0.29, 0.717) is 12.1 Å². The Labute approximate surface area is 168 Å². The number of ketones is 1. The van der Waals surface area contributed by atoms with Crippen LogP contribution in [0.1, 0.15) is 22.0 Å². The minimum atomic E-state index is -0.528. The molecular formula is C24H21FN2O2. The minimum absolute atomic E-state index is 0.0282. The molecule has 0 bridgehead atoms. The van der Waals surface area contributed by atoms with Crippen LogP contribution >= 0.6 is 0 Å². The number of carbonyl (C=O) groups excluding carboxylic acids is 1. The highest BCUT2D eigenvalue weighted by molar-refractivity contribution is 6.10. The van der Waals surface area contributed by atoms with Crippen molar-refractivity contribution in [1.29, 1.82) is 0 Å². The summed E-state index contributed by atoms with van der Waals surface area (Å²) in [6, 6.07) is 23.0. The number of nitrogens with one attached hydrogen (secondary N) is 2. The number of ether oxygens (including phenoxy) is 1. The molecule has 0 amide bonds. The van der Waals surface area contributed by atoms with Crippen molar-refractivity contribution >= 4 is 16.7 Å². The van der Waals surface area contributed by atoms with Gasteiger partial charge in [-0.25, -0.2) is 4.39 Å². The average molecular weight is 388 g/mol. The van der Waals surface area contributed by atoms with Crippen LogP contribution in [-0.4, -0.2) is 23.9 Å². The summed E-state index contributed by atoms with van der Waals surface area (Å²) >= 11 is 0. The summed E-state index contributed by atoms with van der Waals surface area (Å²) in [7, 11) is 0. The molecule has 0 aliphatic carbocycles. The van der Waals surface area contributed by atoms with E-state index in [1.165, 1.54) is 6.07 Å². The first kappa shape index (κ1) is 18.9. The predicted octanol–water partition coefficient (Wildman–Crippen LogP) is 4.90. The molecule has 2 N–H and O–H groups in total. The van der Waals surface area contributed by atoms with Crippen LogP contribution in [0.5, 0.6) is 5.75 Å². The maximum atomic E-state index is 13.7. The fourth-order valence-electron chi connectivity index (χ4n) is 3.36. The highest BCUT2D eigenvalue weighted by atomic mass is 19.1. The number of hydrogen-bond donors (Lipinski definition) is 2. The summed E-state index contributed by atoms with van der Waals surface area (Å²) in [5.41, 5.74) is 2.43. The molecule has 3 aromatic carbocycles. The first-order valence-electron chi connectivity index (χ1n) is 9.50. The molecule has 4 rings (SSSR count). The fourth-order valence-corrected chi connectivity index (χ4v) is 3.36. The van der Waals surface area contributed by atoms with Gasteiger partial charge >= 0.3 is 0 Å². The minimum Gasteiger partial charge on any atom is -0.489 e. The van der Waals surface area contributed by atoms with Gasteiger partial charge in [0, 0.05) is 29.2 Å². The lowest BCUT2D eigenvalue weighted by Gasteiger charge is -2.18. The molecule has 0 radical (unpaired) electrons. The number of aromatic amines is 1. The van der Waals surface area contributed by atoms with E-state index in [-0.39, 0.29) is 18.1 Å². The Kier molecular flexibility index (Phi) is 5.68. The van der Waals surface area contributed by atoms with Gasteiger partial charge in [-0.15, -0.1) is 0 Å². The van der Waals surface area contributed by atoms with E-state index in [1.54, 1.807) is 24.4 Å². The van der Waals surface area contributed by atoms with Gasteiger partial charge in [0.2, 0.25) is 0 Å². The van der Waals surface area contributed by atoms with Gasteiger partial charge in [0.1, 0.15) is 6.61 Å². The predicted molar refractivity (Wildman–Crippen MR) is 112 cm³/mol. The first-order chi connectivity index (χ1) is 14.2. The maximum absolute atomic E-state index is 13.7. The van der Waals surface area contributed by atoms with Gasteiger partial charge in [-0.2, -0.15) is 0 Å². The van der Waals surface area contributed by atoms with Crippen molar-refractivity contribution in [3.63, 3.8) is 0 Å². The van der Waals surface area contributed by atoms with E-state index in [2.05, 4.69) is 10.3 Å². The quantitative estimate of drug-likeness (QED) is 0.333. The molecule has 0 saturated heterocycles. The number of hydrogen-bond acceptors (Lipinski definition) is 3. The molecule has 0 aliphatic heterocycles. The Morgan fingerprint density at radius 3 is 2.52 bits per heavy atom. The van der Waals surface area contributed by atoms with Crippen molar-refractivity contribution in [2.24, 2.45) is 0 Å². The molecule has 5 heteroatoms. The fraction of sp³-hybridized carbons (Fsp3) is 0.125. The molecule has 29 heavy (non-hydrogen) atoms. The highest BCUT2D eigenvalue weighted by Gasteiger charge is 2.23. The summed E-state index contributed by atoms with van der Waals surface area (Å²) < 4.78 is 19.2. The van der Waals surface area contributed by atoms with Crippen molar-refractivity contribution in [2.75, 3.05) is 13.2 Å². The number of fused-ring (bicyclic) bond motifs is 1. The molecule has 0 aliphatic rings. The number of Topliss-reactive ketones (excluding diaryl/α,β-unsaturated/α-hetero) is 1. The maximum Gasteiger partial charge on any atom is 0.186 e. The number of rotatable bonds is 8. The number of benzene rings is 3. The SMILES string of the molecule is O=C(c1c[nH]c2ccccc12)[C@H](NCCOc1ccccc1F)c1ccccc1. The van der Waals surface area contributed by atoms with Crippen molar-refractivity contribution in [1.82, 2.24) is 10.3 Å². The lowest BCUT2D eigenvalue weighted by Crippen LogP contribution is -2.32. The van der Waals surface area contributed by atoms with Crippen molar-refractivity contribution in [3.8, 4) is 5.75 Å². The van der Waals surface area contributed by atoms with Gasteiger partial charge in [0.15, 0.2) is 17.3 Å².